The van der Waals surface area contributed by atoms with Crippen molar-refractivity contribution in [3.05, 3.63) is 69.1 Å². The topological polar surface area (TPSA) is 169 Å². The Labute approximate surface area is 215 Å². The molecule has 1 aliphatic heterocycles. The van der Waals surface area contributed by atoms with Crippen LogP contribution in [0.3, 0.4) is 0 Å². The minimum Gasteiger partial charge on any atom is -0.481 e. The van der Waals surface area contributed by atoms with Crippen molar-refractivity contribution < 1.29 is 23.9 Å². The molecule has 0 aliphatic carbocycles. The third-order valence-corrected chi connectivity index (χ3v) is 11.3. The molecule has 1 aliphatic rings. The van der Waals surface area contributed by atoms with E-state index in [-0.39, 0.29) is 23.8 Å². The minimum absolute atomic E-state index is 0.0579. The van der Waals surface area contributed by atoms with Crippen molar-refractivity contribution in [3.8, 4) is 0 Å². The molecule has 0 bridgehead atoms. The van der Waals surface area contributed by atoms with Gasteiger partial charge in [-0.1, -0.05) is 44.1 Å². The highest BCUT2D eigenvalue weighted by Crippen LogP contribution is 2.44. The summed E-state index contributed by atoms with van der Waals surface area (Å²) in [5.74, 6) is -2.05. The number of aromatic nitrogens is 2. The lowest BCUT2D eigenvalue weighted by Crippen LogP contribution is -2.48. The van der Waals surface area contributed by atoms with E-state index in [4.69, 9.17) is 14.7 Å². The summed E-state index contributed by atoms with van der Waals surface area (Å²) < 4.78 is 13.9. The molecule has 1 aromatic heterocycles. The Kier molecular flexibility index (Phi) is 8.54. The quantitative estimate of drug-likeness (QED) is 0.213. The van der Waals surface area contributed by atoms with Gasteiger partial charge in [0.05, 0.1) is 18.6 Å². The normalized spacial score (nSPS) is 21.8. The van der Waals surface area contributed by atoms with Crippen LogP contribution in [0.1, 0.15) is 43.8 Å². The fraction of sp³-hybridized carbons (Fsp3) is 0.500. The average molecular weight is 529 g/mol. The molecule has 1 saturated heterocycles. The van der Waals surface area contributed by atoms with E-state index in [2.05, 4.69) is 41.1 Å². The zero-order valence-corrected chi connectivity index (χ0v) is 22.5. The Morgan fingerprint density at radius 3 is 2.51 bits per heavy atom. The number of aliphatic carboxylic acids is 1. The SMILES string of the molecule is CC(C)(C)[Si](C)(C)O[C@@H]1[C@H](CN=[N+]=[N-])[C@@H](CC(=O)O)O[C@H]1n1ccc(NC(=O)c2ccccc2)nc1=O. The summed E-state index contributed by atoms with van der Waals surface area (Å²) >= 11 is 0. The number of rotatable bonds is 9. The highest BCUT2D eigenvalue weighted by atomic mass is 28.4. The van der Waals surface area contributed by atoms with Crippen LogP contribution < -0.4 is 11.0 Å². The van der Waals surface area contributed by atoms with Gasteiger partial charge in [0.2, 0.25) is 0 Å². The maximum atomic E-state index is 13.1. The lowest BCUT2D eigenvalue weighted by atomic mass is 9.96. The van der Waals surface area contributed by atoms with Crippen LogP contribution in [-0.2, 0) is 14.0 Å². The zero-order valence-electron chi connectivity index (χ0n) is 21.5. The number of carboxylic acids is 1. The fourth-order valence-corrected chi connectivity index (χ4v) is 5.17. The minimum atomic E-state index is -2.44. The average Bonchev–Trinajstić information content (AvgIpc) is 3.12. The smallest absolute Gasteiger partial charge is 0.351 e. The summed E-state index contributed by atoms with van der Waals surface area (Å²) in [6, 6.07) is 9.96. The van der Waals surface area contributed by atoms with Crippen LogP contribution in [0.5, 0.6) is 0 Å². The standard InChI is InChI=1S/C24H32N6O6Si/c1-24(2,3)37(4,5)36-20-16(14-26-29-25)17(13-19(31)32)35-22(20)30-12-11-18(28-23(30)34)27-21(33)15-9-7-6-8-10-15/h6-12,16-17,20,22H,13-14H2,1-5H3,(H,31,32)(H,27,28,33,34)/t16-,17-,20-,22-/m1/s1. The number of azide groups is 1. The summed E-state index contributed by atoms with van der Waals surface area (Å²) in [6.45, 7) is 10.2. The number of carbonyl (C=O) groups excluding carboxylic acids is 1. The highest BCUT2D eigenvalue weighted by molar-refractivity contribution is 6.74. The van der Waals surface area contributed by atoms with Crippen LogP contribution in [0.2, 0.25) is 18.1 Å². The van der Waals surface area contributed by atoms with Gasteiger partial charge in [-0.3, -0.25) is 14.2 Å². The van der Waals surface area contributed by atoms with Gasteiger partial charge < -0.3 is 19.6 Å². The molecule has 0 spiro atoms. The van der Waals surface area contributed by atoms with E-state index in [0.29, 0.717) is 5.56 Å². The van der Waals surface area contributed by atoms with Gasteiger partial charge in [0.1, 0.15) is 5.82 Å². The first-order chi connectivity index (χ1) is 17.3. The molecule has 4 atom stereocenters. The summed E-state index contributed by atoms with van der Waals surface area (Å²) in [6.07, 6.45) is -1.55. The number of nitrogens with zero attached hydrogens (tertiary/aromatic N) is 5. The Morgan fingerprint density at radius 1 is 1.27 bits per heavy atom. The van der Waals surface area contributed by atoms with E-state index >= 15 is 0 Å². The molecule has 2 aromatic rings. The molecule has 0 saturated carbocycles. The van der Waals surface area contributed by atoms with Crippen molar-refractivity contribution in [2.45, 2.75) is 63.8 Å². The number of nitrogens with one attached hydrogen (secondary N) is 1. The molecular weight excluding hydrogens is 496 g/mol. The van der Waals surface area contributed by atoms with E-state index in [1.165, 1.54) is 16.8 Å². The maximum Gasteiger partial charge on any atom is 0.351 e. The molecule has 198 valence electrons. The van der Waals surface area contributed by atoms with E-state index in [1.54, 1.807) is 30.3 Å². The molecule has 1 amide bonds. The van der Waals surface area contributed by atoms with Crippen LogP contribution >= 0.6 is 0 Å². The first-order valence-corrected chi connectivity index (χ1v) is 14.8. The number of hydrogen-bond donors (Lipinski definition) is 2. The van der Waals surface area contributed by atoms with Crippen LogP contribution in [0.15, 0.2) is 52.5 Å². The summed E-state index contributed by atoms with van der Waals surface area (Å²) in [4.78, 5) is 43.9. The molecule has 0 radical (unpaired) electrons. The maximum absolute atomic E-state index is 13.1. The molecule has 37 heavy (non-hydrogen) atoms. The summed E-state index contributed by atoms with van der Waals surface area (Å²) in [5.41, 5.74) is 8.62. The number of anilines is 1. The summed E-state index contributed by atoms with van der Waals surface area (Å²) in [7, 11) is -2.44. The predicted octanol–water partition coefficient (Wildman–Crippen LogP) is 4.18. The first-order valence-electron chi connectivity index (χ1n) is 11.9. The lowest BCUT2D eigenvalue weighted by molar-refractivity contribution is -0.141. The second-order valence-corrected chi connectivity index (χ2v) is 15.2. The molecule has 2 N–H and O–H groups in total. The van der Waals surface area contributed by atoms with Gasteiger partial charge >= 0.3 is 11.7 Å². The van der Waals surface area contributed by atoms with Gasteiger partial charge in [0.25, 0.3) is 5.91 Å². The molecule has 0 unspecified atom stereocenters. The second-order valence-electron chi connectivity index (χ2n) is 10.4. The Balaban J connectivity index is 1.97. The fourth-order valence-electron chi connectivity index (χ4n) is 3.84. The molecule has 2 heterocycles. The first kappa shape index (κ1) is 28.1. The Morgan fingerprint density at radius 2 is 1.95 bits per heavy atom. The Hall–Kier alpha value is -3.51. The van der Waals surface area contributed by atoms with Gasteiger partial charge in [-0.05, 0) is 41.9 Å². The van der Waals surface area contributed by atoms with Gasteiger partial charge in [-0.2, -0.15) is 4.98 Å². The number of carboxylic acid groups (broad SMARTS) is 1. The zero-order chi connectivity index (χ0) is 27.4. The van der Waals surface area contributed by atoms with Crippen molar-refractivity contribution in [1.29, 1.82) is 0 Å². The number of hydrogen-bond acceptors (Lipinski definition) is 7. The van der Waals surface area contributed by atoms with E-state index < -0.39 is 50.2 Å². The van der Waals surface area contributed by atoms with Crippen LogP contribution in [0.4, 0.5) is 5.82 Å². The lowest BCUT2D eigenvalue weighted by Gasteiger charge is -2.40. The van der Waals surface area contributed by atoms with E-state index in [1.807, 2.05) is 13.1 Å². The third kappa shape index (κ3) is 6.63. The van der Waals surface area contributed by atoms with Crippen molar-refractivity contribution >= 4 is 26.0 Å². The van der Waals surface area contributed by atoms with Gasteiger partial charge in [0, 0.05) is 29.1 Å². The number of carbonyl (C=O) groups is 2. The summed E-state index contributed by atoms with van der Waals surface area (Å²) in [5, 5.41) is 15.5. The monoisotopic (exact) mass is 528 g/mol. The van der Waals surface area contributed by atoms with E-state index in [9.17, 15) is 19.5 Å². The molecule has 13 heteroatoms. The second kappa shape index (κ2) is 11.3. The number of benzene rings is 1. The molecule has 3 rings (SSSR count). The molecule has 1 fully saturated rings. The van der Waals surface area contributed by atoms with Crippen LogP contribution in [0.25, 0.3) is 10.4 Å². The van der Waals surface area contributed by atoms with Gasteiger partial charge in [-0.15, -0.1) is 0 Å². The molecular formula is C24H32N6O6Si. The van der Waals surface area contributed by atoms with Crippen molar-refractivity contribution in [2.75, 3.05) is 11.9 Å². The number of ether oxygens (including phenoxy) is 1. The highest BCUT2D eigenvalue weighted by Gasteiger charge is 2.51. The third-order valence-electron chi connectivity index (χ3n) is 6.84. The van der Waals surface area contributed by atoms with Crippen molar-refractivity contribution in [1.82, 2.24) is 9.55 Å². The van der Waals surface area contributed by atoms with Crippen molar-refractivity contribution in [2.24, 2.45) is 11.0 Å². The number of amides is 1. The van der Waals surface area contributed by atoms with Crippen LogP contribution in [0, 0.1) is 5.92 Å². The van der Waals surface area contributed by atoms with E-state index in [0.717, 1.165) is 0 Å². The predicted molar refractivity (Wildman–Crippen MR) is 139 cm³/mol. The van der Waals surface area contributed by atoms with Gasteiger partial charge in [-0.25, -0.2) is 4.79 Å². The molecule has 1 aromatic carbocycles. The largest absolute Gasteiger partial charge is 0.481 e. The molecule has 12 nitrogen and oxygen atoms in total. The van der Waals surface area contributed by atoms with Crippen molar-refractivity contribution in [3.63, 3.8) is 0 Å². The Bertz CT molecular complexity index is 1240. The van der Waals surface area contributed by atoms with Crippen LogP contribution in [-0.4, -0.2) is 53.6 Å². The van der Waals surface area contributed by atoms with Gasteiger partial charge in [0.15, 0.2) is 14.5 Å².